The minimum atomic E-state index is -3.55. The summed E-state index contributed by atoms with van der Waals surface area (Å²) in [6, 6.07) is 4.05. The summed E-state index contributed by atoms with van der Waals surface area (Å²) in [6.45, 7) is 4.29. The van der Waals surface area contributed by atoms with Crippen molar-refractivity contribution < 1.29 is 21.6 Å². The molecule has 1 saturated heterocycles. The Balaban J connectivity index is 2.02. The third-order valence-corrected chi connectivity index (χ3v) is 8.09. The van der Waals surface area contributed by atoms with E-state index < -0.39 is 26.1 Å². The molecule has 0 spiro atoms. The Labute approximate surface area is 167 Å². The molecule has 1 aromatic carbocycles. The van der Waals surface area contributed by atoms with Crippen LogP contribution in [0.25, 0.3) is 0 Å². The molecular formula is C17H28N4O5S2. The van der Waals surface area contributed by atoms with E-state index in [4.69, 9.17) is 0 Å². The zero-order chi connectivity index (χ0) is 21.3. The van der Waals surface area contributed by atoms with Gasteiger partial charge in [0.25, 0.3) is 0 Å². The number of hydrogen-bond acceptors (Lipinski definition) is 5. The fourth-order valence-electron chi connectivity index (χ4n) is 3.17. The van der Waals surface area contributed by atoms with Gasteiger partial charge in [-0.15, -0.1) is 0 Å². The van der Waals surface area contributed by atoms with Crippen molar-refractivity contribution in [2.75, 3.05) is 38.8 Å². The van der Waals surface area contributed by atoms with Crippen LogP contribution >= 0.6 is 0 Å². The lowest BCUT2D eigenvalue weighted by atomic mass is 9.95. The van der Waals surface area contributed by atoms with Crippen LogP contribution in [0.15, 0.2) is 23.1 Å². The molecule has 2 amide bonds. The molecule has 11 heteroatoms. The Bertz CT molecular complexity index is 944. The largest absolute Gasteiger partial charge is 0.335 e. The number of carbonyl (C=O) groups excluding carboxylic acids is 1. The lowest BCUT2D eigenvalue weighted by Crippen LogP contribution is -2.52. The molecule has 28 heavy (non-hydrogen) atoms. The second kappa shape index (κ2) is 8.36. The quantitative estimate of drug-likeness (QED) is 0.721. The molecule has 0 bridgehead atoms. The number of benzene rings is 1. The molecular weight excluding hydrogens is 404 g/mol. The summed E-state index contributed by atoms with van der Waals surface area (Å²) in [7, 11) is -3.86. The van der Waals surface area contributed by atoms with Gasteiger partial charge in [0.15, 0.2) is 0 Å². The van der Waals surface area contributed by atoms with Gasteiger partial charge in [0.2, 0.25) is 20.0 Å². The van der Waals surface area contributed by atoms with E-state index >= 15 is 0 Å². The molecule has 1 aliphatic rings. The van der Waals surface area contributed by atoms with Crippen LogP contribution in [0.2, 0.25) is 0 Å². The number of aryl methyl sites for hydroxylation is 1. The van der Waals surface area contributed by atoms with E-state index in [0.29, 0.717) is 30.8 Å². The van der Waals surface area contributed by atoms with E-state index in [2.05, 4.69) is 10.6 Å². The van der Waals surface area contributed by atoms with E-state index in [0.717, 1.165) is 4.31 Å². The second-order valence-corrected chi connectivity index (χ2v) is 11.5. The predicted molar refractivity (Wildman–Crippen MR) is 108 cm³/mol. The van der Waals surface area contributed by atoms with Crippen molar-refractivity contribution in [1.29, 1.82) is 0 Å². The van der Waals surface area contributed by atoms with Crippen LogP contribution in [0, 0.1) is 12.8 Å². The molecule has 158 valence electrons. The van der Waals surface area contributed by atoms with E-state index in [1.807, 2.05) is 6.92 Å². The molecule has 1 aromatic rings. The molecule has 2 N–H and O–H groups in total. The monoisotopic (exact) mass is 432 g/mol. The highest BCUT2D eigenvalue weighted by molar-refractivity contribution is 7.89. The average Bonchev–Trinajstić information content (AvgIpc) is 2.55. The van der Waals surface area contributed by atoms with E-state index in [9.17, 15) is 21.6 Å². The molecule has 0 saturated carbocycles. The van der Waals surface area contributed by atoms with Gasteiger partial charge in [0.1, 0.15) is 0 Å². The van der Waals surface area contributed by atoms with E-state index in [1.165, 1.54) is 30.7 Å². The number of urea groups is 1. The third kappa shape index (κ3) is 5.22. The van der Waals surface area contributed by atoms with Gasteiger partial charge < -0.3 is 10.6 Å². The highest BCUT2D eigenvalue weighted by Crippen LogP contribution is 2.22. The van der Waals surface area contributed by atoms with Crippen molar-refractivity contribution in [2.45, 2.75) is 31.2 Å². The fraction of sp³-hybridized carbons (Fsp3) is 0.588. The highest BCUT2D eigenvalue weighted by Gasteiger charge is 2.31. The van der Waals surface area contributed by atoms with E-state index in [1.54, 1.807) is 19.1 Å². The molecule has 0 radical (unpaired) electrons. The zero-order valence-electron chi connectivity index (χ0n) is 16.8. The van der Waals surface area contributed by atoms with Crippen LogP contribution in [0.5, 0.6) is 0 Å². The second-order valence-electron chi connectivity index (χ2n) is 7.36. The summed E-state index contributed by atoms with van der Waals surface area (Å²) >= 11 is 0. The van der Waals surface area contributed by atoms with Crippen molar-refractivity contribution in [3.05, 3.63) is 23.8 Å². The number of piperidine rings is 1. The summed E-state index contributed by atoms with van der Waals surface area (Å²) in [4.78, 5) is 12.5. The van der Waals surface area contributed by atoms with Crippen LogP contribution in [0.1, 0.15) is 18.9 Å². The number of sulfonamides is 2. The number of nitrogens with zero attached hydrogens (tertiary/aromatic N) is 2. The van der Waals surface area contributed by atoms with Crippen molar-refractivity contribution in [3.63, 3.8) is 0 Å². The maximum absolute atomic E-state index is 12.3. The third-order valence-electron chi connectivity index (χ3n) is 4.84. The number of nitrogens with one attached hydrogen (secondary N) is 2. The molecule has 1 fully saturated rings. The van der Waals surface area contributed by atoms with Crippen molar-refractivity contribution in [1.82, 2.24) is 13.9 Å². The first-order valence-electron chi connectivity index (χ1n) is 8.88. The molecule has 1 aliphatic heterocycles. The first kappa shape index (κ1) is 22.6. The lowest BCUT2D eigenvalue weighted by molar-refractivity contribution is 0.211. The van der Waals surface area contributed by atoms with Crippen LogP contribution < -0.4 is 10.6 Å². The van der Waals surface area contributed by atoms with Crippen molar-refractivity contribution >= 4 is 31.8 Å². The first-order chi connectivity index (χ1) is 12.8. The minimum absolute atomic E-state index is 0.0245. The number of amides is 2. The highest BCUT2D eigenvalue weighted by atomic mass is 32.2. The first-order valence-corrected chi connectivity index (χ1v) is 12.2. The molecule has 0 aliphatic carbocycles. The fourth-order valence-corrected chi connectivity index (χ4v) is 5.21. The summed E-state index contributed by atoms with van der Waals surface area (Å²) in [5.41, 5.74) is 1.01. The maximum Gasteiger partial charge on any atom is 0.319 e. The number of hydrogen-bond donors (Lipinski definition) is 2. The Kier molecular flexibility index (Phi) is 6.74. The molecule has 0 aromatic heterocycles. The van der Waals surface area contributed by atoms with Gasteiger partial charge in [0.05, 0.1) is 11.2 Å². The SMILES string of the molecule is Cc1cc(NC(=O)NC2CCN(S(C)(=O)=O)CC2C)ccc1S(=O)(=O)N(C)C. The van der Waals surface area contributed by atoms with Gasteiger partial charge in [-0.2, -0.15) is 0 Å². The van der Waals surface area contributed by atoms with E-state index in [-0.39, 0.29) is 16.9 Å². The van der Waals surface area contributed by atoms with Crippen LogP contribution in [0.3, 0.4) is 0 Å². The van der Waals surface area contributed by atoms with Crippen LogP contribution in [0.4, 0.5) is 10.5 Å². The Hall–Kier alpha value is -1.69. The molecule has 2 rings (SSSR count). The number of carbonyl (C=O) groups is 1. The van der Waals surface area contributed by atoms with Crippen LogP contribution in [-0.2, 0) is 20.0 Å². The smallest absolute Gasteiger partial charge is 0.319 e. The number of rotatable bonds is 5. The Morgan fingerprint density at radius 1 is 1.21 bits per heavy atom. The maximum atomic E-state index is 12.3. The molecule has 2 atom stereocenters. The molecule has 2 unspecified atom stereocenters. The topological polar surface area (TPSA) is 116 Å². The predicted octanol–water partition coefficient (Wildman–Crippen LogP) is 1.04. The van der Waals surface area contributed by atoms with Crippen LogP contribution in [-0.4, -0.2) is 71.0 Å². The van der Waals surface area contributed by atoms with Crippen molar-refractivity contribution in [3.8, 4) is 0 Å². The van der Waals surface area contributed by atoms with Gasteiger partial charge in [-0.1, -0.05) is 6.92 Å². The summed E-state index contributed by atoms with van der Waals surface area (Å²) in [5, 5.41) is 5.58. The minimum Gasteiger partial charge on any atom is -0.335 e. The average molecular weight is 433 g/mol. The summed E-state index contributed by atoms with van der Waals surface area (Å²) < 4.78 is 50.4. The molecule has 1 heterocycles. The number of anilines is 1. The van der Waals surface area contributed by atoms with Crippen molar-refractivity contribution in [2.24, 2.45) is 5.92 Å². The Morgan fingerprint density at radius 2 is 1.86 bits per heavy atom. The van der Waals surface area contributed by atoms with Gasteiger partial charge >= 0.3 is 6.03 Å². The summed E-state index contributed by atoms with van der Waals surface area (Å²) in [6.07, 6.45) is 1.71. The molecule has 9 nitrogen and oxygen atoms in total. The zero-order valence-corrected chi connectivity index (χ0v) is 18.4. The Morgan fingerprint density at radius 3 is 2.36 bits per heavy atom. The summed E-state index contributed by atoms with van der Waals surface area (Å²) in [5.74, 6) is -0.0245. The standard InChI is InChI=1S/C17H28N4O5S2/c1-12-10-14(6-7-16(12)28(25,26)20(3)4)18-17(22)19-15-8-9-21(11-13(15)2)27(5,23)24/h6-7,10,13,15H,8-9,11H2,1-5H3,(H2,18,19,22). The van der Waals surface area contributed by atoms with Gasteiger partial charge in [0, 0.05) is 38.9 Å². The normalized spacial score (nSPS) is 21.5. The van der Waals surface area contributed by atoms with Gasteiger partial charge in [-0.05, 0) is 43.0 Å². The van der Waals surface area contributed by atoms with Gasteiger partial charge in [-0.3, -0.25) is 0 Å². The van der Waals surface area contributed by atoms with Gasteiger partial charge in [-0.25, -0.2) is 30.2 Å². The lowest BCUT2D eigenvalue weighted by Gasteiger charge is -2.35.